The van der Waals surface area contributed by atoms with Crippen LogP contribution in [0.2, 0.25) is 0 Å². The summed E-state index contributed by atoms with van der Waals surface area (Å²) in [6, 6.07) is 13.0. The number of anilines is 1. The standard InChI is InChI=1S/C21H24N4O2/c1-13-8-7-9-14(2)19(13)23-18(26)12-25(4)15(3)20-22-17-11-6-5-10-16(17)21(27)24-20/h5-11,15H,12H2,1-4H3,(H,23,26)(H,22,24,27)/p+1/t15-/m0/s1. The average Bonchev–Trinajstić information content (AvgIpc) is 2.64. The first-order valence-corrected chi connectivity index (χ1v) is 9.04. The average molecular weight is 365 g/mol. The molecular formula is C21H25N4O2+. The molecule has 0 radical (unpaired) electrons. The molecule has 3 rings (SSSR count). The van der Waals surface area contributed by atoms with Crippen LogP contribution in [0.25, 0.3) is 10.9 Å². The van der Waals surface area contributed by atoms with Crippen LogP contribution in [0.3, 0.4) is 0 Å². The molecule has 6 nitrogen and oxygen atoms in total. The quantitative estimate of drug-likeness (QED) is 0.645. The van der Waals surface area contributed by atoms with Crippen LogP contribution in [-0.2, 0) is 4.79 Å². The molecule has 2 aromatic carbocycles. The van der Waals surface area contributed by atoms with Gasteiger partial charge < -0.3 is 15.2 Å². The van der Waals surface area contributed by atoms with E-state index in [1.165, 1.54) is 0 Å². The van der Waals surface area contributed by atoms with Crippen molar-refractivity contribution in [3.8, 4) is 0 Å². The van der Waals surface area contributed by atoms with E-state index in [0.29, 0.717) is 16.7 Å². The van der Waals surface area contributed by atoms with Crippen molar-refractivity contribution in [1.82, 2.24) is 9.97 Å². The van der Waals surface area contributed by atoms with E-state index in [0.717, 1.165) is 21.7 Å². The third kappa shape index (κ3) is 4.06. The van der Waals surface area contributed by atoms with Gasteiger partial charge in [0.1, 0.15) is 6.04 Å². The molecule has 0 bridgehead atoms. The minimum atomic E-state index is -0.157. The third-order valence-electron chi connectivity index (χ3n) is 4.97. The Bertz CT molecular complexity index is 1020. The zero-order chi connectivity index (χ0) is 19.6. The van der Waals surface area contributed by atoms with Crippen molar-refractivity contribution in [2.45, 2.75) is 26.8 Å². The number of hydrogen-bond donors (Lipinski definition) is 3. The monoisotopic (exact) mass is 365 g/mol. The zero-order valence-corrected chi connectivity index (χ0v) is 16.1. The number of para-hydroxylation sites is 2. The van der Waals surface area contributed by atoms with Gasteiger partial charge in [0.15, 0.2) is 12.4 Å². The second kappa shape index (κ2) is 7.72. The van der Waals surface area contributed by atoms with Crippen LogP contribution in [0, 0.1) is 13.8 Å². The highest BCUT2D eigenvalue weighted by Gasteiger charge is 2.22. The molecular weight excluding hydrogens is 340 g/mol. The number of nitrogens with zero attached hydrogens (tertiary/aromatic N) is 1. The third-order valence-corrected chi connectivity index (χ3v) is 4.97. The smallest absolute Gasteiger partial charge is 0.279 e. The van der Waals surface area contributed by atoms with Gasteiger partial charge in [-0.2, -0.15) is 0 Å². The van der Waals surface area contributed by atoms with E-state index in [-0.39, 0.29) is 24.1 Å². The first kappa shape index (κ1) is 18.8. The lowest BCUT2D eigenvalue weighted by Gasteiger charge is -2.21. The Morgan fingerprint density at radius 2 is 1.81 bits per heavy atom. The molecule has 1 amide bonds. The molecule has 1 unspecified atom stereocenters. The number of nitrogens with one attached hydrogen (secondary N) is 3. The molecule has 2 atom stereocenters. The zero-order valence-electron chi connectivity index (χ0n) is 16.1. The normalized spacial score (nSPS) is 13.3. The van der Waals surface area contributed by atoms with E-state index >= 15 is 0 Å². The number of likely N-dealkylation sites (N-methyl/N-ethyl adjacent to an activating group) is 1. The van der Waals surface area contributed by atoms with Gasteiger partial charge in [-0.1, -0.05) is 30.3 Å². The van der Waals surface area contributed by atoms with E-state index in [1.807, 2.05) is 64.2 Å². The summed E-state index contributed by atoms with van der Waals surface area (Å²) in [5.41, 5.74) is 3.44. The first-order chi connectivity index (χ1) is 12.9. The molecule has 0 aliphatic heterocycles. The number of amides is 1. The molecule has 0 saturated carbocycles. The van der Waals surface area contributed by atoms with Crippen LogP contribution in [0.5, 0.6) is 0 Å². The molecule has 27 heavy (non-hydrogen) atoms. The van der Waals surface area contributed by atoms with Crippen molar-refractivity contribution < 1.29 is 9.69 Å². The molecule has 0 aliphatic rings. The summed E-state index contributed by atoms with van der Waals surface area (Å²) in [4.78, 5) is 33.2. The summed E-state index contributed by atoms with van der Waals surface area (Å²) in [7, 11) is 1.92. The number of aromatic nitrogens is 2. The second-order valence-electron chi connectivity index (χ2n) is 7.03. The van der Waals surface area contributed by atoms with Crippen molar-refractivity contribution >= 4 is 22.5 Å². The topological polar surface area (TPSA) is 79.3 Å². The second-order valence-corrected chi connectivity index (χ2v) is 7.03. The maximum atomic E-state index is 12.5. The van der Waals surface area contributed by atoms with Crippen molar-refractivity contribution in [1.29, 1.82) is 0 Å². The number of fused-ring (bicyclic) bond motifs is 1. The summed E-state index contributed by atoms with van der Waals surface area (Å²) in [5.74, 6) is 0.510. The molecule has 1 heterocycles. The van der Waals surface area contributed by atoms with Crippen LogP contribution in [-0.4, -0.2) is 29.5 Å². The van der Waals surface area contributed by atoms with Crippen molar-refractivity contribution in [2.75, 3.05) is 18.9 Å². The maximum Gasteiger partial charge on any atom is 0.279 e. The highest BCUT2D eigenvalue weighted by atomic mass is 16.2. The van der Waals surface area contributed by atoms with Crippen molar-refractivity contribution in [3.63, 3.8) is 0 Å². The Hall–Kier alpha value is -2.99. The van der Waals surface area contributed by atoms with Gasteiger partial charge in [-0.15, -0.1) is 0 Å². The number of aryl methyl sites for hydroxylation is 2. The molecule has 3 N–H and O–H groups in total. The fourth-order valence-corrected chi connectivity index (χ4v) is 3.14. The van der Waals surface area contributed by atoms with E-state index in [2.05, 4.69) is 15.3 Å². The fourth-order valence-electron chi connectivity index (χ4n) is 3.14. The summed E-state index contributed by atoms with van der Waals surface area (Å²) in [6.45, 7) is 6.18. The largest absolute Gasteiger partial charge is 0.321 e. The number of carbonyl (C=O) groups is 1. The Morgan fingerprint density at radius 1 is 1.15 bits per heavy atom. The van der Waals surface area contributed by atoms with Gasteiger partial charge in [-0.25, -0.2) is 4.98 Å². The Morgan fingerprint density at radius 3 is 2.52 bits per heavy atom. The van der Waals surface area contributed by atoms with Gasteiger partial charge in [-0.3, -0.25) is 9.59 Å². The SMILES string of the molecule is Cc1cccc(C)c1NC(=O)C[NH+](C)[C@@H](C)c1nc2ccccc2c(=O)[nH]1. The molecule has 3 aromatic rings. The minimum absolute atomic E-state index is 0.0695. The Labute approximate surface area is 158 Å². The van der Waals surface area contributed by atoms with E-state index in [4.69, 9.17) is 0 Å². The first-order valence-electron chi connectivity index (χ1n) is 9.04. The van der Waals surface area contributed by atoms with Crippen LogP contribution in [0.1, 0.15) is 29.9 Å². The lowest BCUT2D eigenvalue weighted by atomic mass is 10.1. The fraction of sp³-hybridized carbons (Fsp3) is 0.286. The number of H-pyrrole nitrogens is 1. The van der Waals surface area contributed by atoms with Crippen LogP contribution in [0.15, 0.2) is 47.3 Å². The predicted molar refractivity (Wildman–Crippen MR) is 107 cm³/mol. The molecule has 140 valence electrons. The van der Waals surface area contributed by atoms with E-state index in [1.54, 1.807) is 6.07 Å². The Balaban J connectivity index is 1.75. The molecule has 1 aromatic heterocycles. The van der Waals surface area contributed by atoms with Gasteiger partial charge in [0.2, 0.25) is 0 Å². The summed E-state index contributed by atoms with van der Waals surface area (Å²) in [6.07, 6.45) is 0. The summed E-state index contributed by atoms with van der Waals surface area (Å²) >= 11 is 0. The van der Waals surface area contributed by atoms with Crippen molar-refractivity contribution in [2.24, 2.45) is 0 Å². The van der Waals surface area contributed by atoms with Crippen LogP contribution >= 0.6 is 0 Å². The van der Waals surface area contributed by atoms with Gasteiger partial charge in [-0.05, 0) is 44.0 Å². The molecule has 6 heteroatoms. The van der Waals surface area contributed by atoms with Crippen molar-refractivity contribution in [3.05, 3.63) is 69.8 Å². The molecule has 0 aliphatic carbocycles. The molecule has 0 fully saturated rings. The van der Waals surface area contributed by atoms with Crippen LogP contribution < -0.4 is 15.8 Å². The number of aromatic amines is 1. The summed E-state index contributed by atoms with van der Waals surface area (Å²) < 4.78 is 0. The van der Waals surface area contributed by atoms with Gasteiger partial charge in [0, 0.05) is 5.69 Å². The number of carbonyl (C=O) groups excluding carboxylic acids is 1. The van der Waals surface area contributed by atoms with Crippen LogP contribution in [0.4, 0.5) is 5.69 Å². The van der Waals surface area contributed by atoms with E-state index in [9.17, 15) is 9.59 Å². The number of benzene rings is 2. The van der Waals surface area contributed by atoms with E-state index < -0.39 is 0 Å². The lowest BCUT2D eigenvalue weighted by molar-refractivity contribution is -0.902. The van der Waals surface area contributed by atoms with Gasteiger partial charge in [0.25, 0.3) is 11.5 Å². The molecule has 0 saturated heterocycles. The van der Waals surface area contributed by atoms with Gasteiger partial charge in [0.05, 0.1) is 18.0 Å². The predicted octanol–water partition coefficient (Wildman–Crippen LogP) is 1.75. The number of rotatable bonds is 5. The Kier molecular flexibility index (Phi) is 5.37. The highest BCUT2D eigenvalue weighted by molar-refractivity contribution is 5.93. The highest BCUT2D eigenvalue weighted by Crippen LogP contribution is 2.19. The number of quaternary nitrogens is 1. The maximum absolute atomic E-state index is 12.5. The molecule has 0 spiro atoms. The minimum Gasteiger partial charge on any atom is -0.321 e. The summed E-state index contributed by atoms with van der Waals surface area (Å²) in [5, 5.41) is 3.57. The lowest BCUT2D eigenvalue weighted by Crippen LogP contribution is -3.10. The van der Waals surface area contributed by atoms with Gasteiger partial charge >= 0.3 is 0 Å². The number of hydrogen-bond acceptors (Lipinski definition) is 3.